The molecule has 0 saturated carbocycles. The van der Waals surface area contributed by atoms with Gasteiger partial charge in [-0.05, 0) is 29.7 Å². The number of ether oxygens (including phenoxy) is 1. The fourth-order valence-electron chi connectivity index (χ4n) is 3.82. The van der Waals surface area contributed by atoms with Crippen molar-refractivity contribution in [1.82, 2.24) is 14.8 Å². The average molecular weight is 444 g/mol. The van der Waals surface area contributed by atoms with E-state index in [4.69, 9.17) is 10.5 Å². The molecule has 0 bridgehead atoms. The quantitative estimate of drug-likeness (QED) is 0.289. The SMILES string of the molecule is N/C(=N\c1ccccn1)N1CCN(C=C2N=C(c3ccc(F)c4ccccc34)OC2=O)CC1. The monoisotopic (exact) mass is 444 g/mol. The number of guanidine groups is 1. The van der Waals surface area contributed by atoms with Gasteiger partial charge < -0.3 is 20.3 Å². The molecule has 3 aromatic rings. The van der Waals surface area contributed by atoms with E-state index in [1.165, 1.54) is 6.07 Å². The number of carbonyl (C=O) groups excluding carboxylic acids is 1. The van der Waals surface area contributed by atoms with E-state index in [-0.39, 0.29) is 17.4 Å². The van der Waals surface area contributed by atoms with Crippen LogP contribution in [0, 0.1) is 5.82 Å². The predicted octanol–water partition coefficient (Wildman–Crippen LogP) is 2.78. The van der Waals surface area contributed by atoms with Crippen LogP contribution in [0.5, 0.6) is 0 Å². The summed E-state index contributed by atoms with van der Waals surface area (Å²) in [5.74, 6) is 0.275. The van der Waals surface area contributed by atoms with E-state index in [0.29, 0.717) is 54.3 Å². The van der Waals surface area contributed by atoms with Gasteiger partial charge >= 0.3 is 5.97 Å². The first-order chi connectivity index (χ1) is 16.1. The molecule has 1 saturated heterocycles. The second-order valence-corrected chi connectivity index (χ2v) is 7.64. The van der Waals surface area contributed by atoms with Gasteiger partial charge in [-0.1, -0.05) is 30.3 Å². The van der Waals surface area contributed by atoms with Crippen molar-refractivity contribution in [2.24, 2.45) is 15.7 Å². The zero-order valence-corrected chi connectivity index (χ0v) is 17.7. The van der Waals surface area contributed by atoms with Crippen molar-refractivity contribution in [3.05, 3.63) is 84.1 Å². The molecule has 166 valence electrons. The van der Waals surface area contributed by atoms with Gasteiger partial charge in [-0.3, -0.25) is 0 Å². The first-order valence-electron chi connectivity index (χ1n) is 10.5. The number of halogens is 1. The van der Waals surface area contributed by atoms with E-state index < -0.39 is 5.97 Å². The number of nitrogens with two attached hydrogens (primary N) is 1. The van der Waals surface area contributed by atoms with Crippen molar-refractivity contribution in [1.29, 1.82) is 0 Å². The molecular formula is C24H21FN6O2. The van der Waals surface area contributed by atoms with Gasteiger partial charge in [-0.2, -0.15) is 4.99 Å². The van der Waals surface area contributed by atoms with Crippen LogP contribution in [-0.2, 0) is 9.53 Å². The number of piperazine rings is 1. The molecule has 0 radical (unpaired) electrons. The van der Waals surface area contributed by atoms with Gasteiger partial charge in [0, 0.05) is 49.5 Å². The number of rotatable bonds is 3. The third-order valence-corrected chi connectivity index (χ3v) is 5.54. The number of hydrogen-bond donors (Lipinski definition) is 1. The highest BCUT2D eigenvalue weighted by Gasteiger charge is 2.27. The highest BCUT2D eigenvalue weighted by molar-refractivity contribution is 6.16. The maximum atomic E-state index is 14.1. The Kier molecular flexibility index (Phi) is 5.43. The van der Waals surface area contributed by atoms with E-state index in [2.05, 4.69) is 15.0 Å². The summed E-state index contributed by atoms with van der Waals surface area (Å²) in [7, 11) is 0. The Balaban J connectivity index is 1.31. The minimum atomic E-state index is -0.530. The predicted molar refractivity (Wildman–Crippen MR) is 123 cm³/mol. The third kappa shape index (κ3) is 4.25. The molecule has 8 nitrogen and oxygen atoms in total. The number of aromatic nitrogens is 1. The smallest absolute Gasteiger partial charge is 0.365 e. The summed E-state index contributed by atoms with van der Waals surface area (Å²) in [5.41, 5.74) is 6.92. The van der Waals surface area contributed by atoms with Crippen LogP contribution in [-0.4, -0.2) is 58.8 Å². The molecule has 1 aromatic heterocycles. The molecule has 2 aliphatic rings. The number of cyclic esters (lactones) is 1. The maximum Gasteiger partial charge on any atom is 0.365 e. The summed E-state index contributed by atoms with van der Waals surface area (Å²) >= 11 is 0. The van der Waals surface area contributed by atoms with Crippen LogP contribution in [0.3, 0.4) is 0 Å². The van der Waals surface area contributed by atoms with Crippen LogP contribution in [0.2, 0.25) is 0 Å². The molecule has 0 spiro atoms. The second-order valence-electron chi connectivity index (χ2n) is 7.64. The van der Waals surface area contributed by atoms with E-state index in [1.54, 1.807) is 42.7 Å². The van der Waals surface area contributed by atoms with Crippen molar-refractivity contribution < 1.29 is 13.9 Å². The molecule has 2 N–H and O–H groups in total. The van der Waals surface area contributed by atoms with Crippen LogP contribution in [0.25, 0.3) is 10.8 Å². The molecular weight excluding hydrogens is 423 g/mol. The van der Waals surface area contributed by atoms with Crippen molar-refractivity contribution in [2.45, 2.75) is 0 Å². The number of esters is 1. The number of hydrogen-bond acceptors (Lipinski definition) is 6. The van der Waals surface area contributed by atoms with Gasteiger partial charge in [0.1, 0.15) is 5.82 Å². The lowest BCUT2D eigenvalue weighted by Crippen LogP contribution is -2.49. The first-order valence-corrected chi connectivity index (χ1v) is 10.5. The molecule has 1 fully saturated rings. The zero-order chi connectivity index (χ0) is 22.8. The van der Waals surface area contributed by atoms with Gasteiger partial charge in [-0.25, -0.2) is 19.2 Å². The van der Waals surface area contributed by atoms with E-state index >= 15 is 0 Å². The topological polar surface area (TPSA) is 96.4 Å². The van der Waals surface area contributed by atoms with Crippen LogP contribution in [0.1, 0.15) is 5.56 Å². The molecule has 5 rings (SSSR count). The summed E-state index contributed by atoms with van der Waals surface area (Å²) in [6.45, 7) is 2.55. The lowest BCUT2D eigenvalue weighted by Gasteiger charge is -2.34. The minimum Gasteiger partial charge on any atom is -0.402 e. The fraction of sp³-hybridized carbons (Fsp3) is 0.167. The highest BCUT2D eigenvalue weighted by Crippen LogP contribution is 2.26. The normalized spacial score (nSPS) is 18.1. The molecule has 0 aliphatic carbocycles. The molecule has 0 unspecified atom stereocenters. The van der Waals surface area contributed by atoms with Gasteiger partial charge in [-0.15, -0.1) is 0 Å². The van der Waals surface area contributed by atoms with Crippen LogP contribution in [0.4, 0.5) is 10.2 Å². The van der Waals surface area contributed by atoms with Crippen molar-refractivity contribution >= 4 is 34.4 Å². The van der Waals surface area contributed by atoms with Gasteiger partial charge in [0.15, 0.2) is 17.5 Å². The molecule has 0 amide bonds. The Morgan fingerprint density at radius 1 is 1.03 bits per heavy atom. The summed E-state index contributed by atoms with van der Waals surface area (Å²) in [6.07, 6.45) is 3.37. The molecule has 2 aromatic carbocycles. The standard InChI is InChI=1S/C24H21FN6O2/c25-19-9-8-18(16-5-1-2-6-17(16)19)22-28-20(23(32)33-22)15-30-11-13-31(14-12-30)24(26)29-21-7-3-4-10-27-21/h1-10,15H,11-14H2,(H2,26,27,29). The van der Waals surface area contributed by atoms with Gasteiger partial charge in [0.25, 0.3) is 0 Å². The number of carbonyl (C=O) groups is 1. The Hall–Kier alpha value is -4.27. The molecule has 9 heteroatoms. The molecule has 33 heavy (non-hydrogen) atoms. The second kappa shape index (κ2) is 8.70. The lowest BCUT2D eigenvalue weighted by molar-refractivity contribution is -0.130. The summed E-state index contributed by atoms with van der Waals surface area (Å²) in [5, 5.41) is 1.09. The average Bonchev–Trinajstić information content (AvgIpc) is 3.20. The Labute approximate surface area is 189 Å². The third-order valence-electron chi connectivity index (χ3n) is 5.54. The largest absolute Gasteiger partial charge is 0.402 e. The van der Waals surface area contributed by atoms with Crippen molar-refractivity contribution in [3.8, 4) is 0 Å². The van der Waals surface area contributed by atoms with Crippen LogP contribution >= 0.6 is 0 Å². The van der Waals surface area contributed by atoms with Gasteiger partial charge in [0.2, 0.25) is 5.90 Å². The molecule has 3 heterocycles. The van der Waals surface area contributed by atoms with Crippen LogP contribution in [0.15, 0.2) is 82.7 Å². The number of fused-ring (bicyclic) bond motifs is 1. The lowest BCUT2D eigenvalue weighted by atomic mass is 10.0. The molecule has 0 atom stereocenters. The Morgan fingerprint density at radius 2 is 1.79 bits per heavy atom. The summed E-state index contributed by atoms with van der Waals surface area (Å²) in [6, 6.07) is 15.4. The summed E-state index contributed by atoms with van der Waals surface area (Å²) in [4.78, 5) is 29.3. The molecule has 2 aliphatic heterocycles. The minimum absolute atomic E-state index is 0.174. The van der Waals surface area contributed by atoms with Crippen molar-refractivity contribution in [3.63, 3.8) is 0 Å². The van der Waals surface area contributed by atoms with Crippen LogP contribution < -0.4 is 5.73 Å². The van der Waals surface area contributed by atoms with Crippen molar-refractivity contribution in [2.75, 3.05) is 26.2 Å². The highest BCUT2D eigenvalue weighted by atomic mass is 19.1. The number of benzene rings is 2. The first kappa shape index (κ1) is 20.6. The van der Waals surface area contributed by atoms with E-state index in [9.17, 15) is 9.18 Å². The number of aliphatic imine (C=N–C) groups is 2. The van der Waals surface area contributed by atoms with E-state index in [0.717, 1.165) is 0 Å². The fourth-order valence-corrected chi connectivity index (χ4v) is 3.82. The number of nitrogens with zero attached hydrogens (tertiary/aromatic N) is 5. The zero-order valence-electron chi connectivity index (χ0n) is 17.7. The van der Waals surface area contributed by atoms with Gasteiger partial charge in [0.05, 0.1) is 0 Å². The van der Waals surface area contributed by atoms with E-state index in [1.807, 2.05) is 28.0 Å². The summed E-state index contributed by atoms with van der Waals surface area (Å²) < 4.78 is 19.5. The Morgan fingerprint density at radius 3 is 2.55 bits per heavy atom. The number of pyridine rings is 1. The maximum absolute atomic E-state index is 14.1. The Bertz CT molecular complexity index is 1300.